The predicted octanol–water partition coefficient (Wildman–Crippen LogP) is 6.39. The molecule has 228 valence electrons. The van der Waals surface area contributed by atoms with E-state index in [9.17, 15) is 14.7 Å². The Labute approximate surface area is 246 Å². The van der Waals surface area contributed by atoms with Crippen LogP contribution in [0.15, 0.2) is 59.8 Å². The maximum atomic E-state index is 12.9. The number of allylic oxidation sites excluding steroid dienone is 5. The number of esters is 2. The summed E-state index contributed by atoms with van der Waals surface area (Å²) in [6.45, 7) is 14.6. The summed E-state index contributed by atoms with van der Waals surface area (Å²) in [5, 5.41) is 11.2. The first kappa shape index (κ1) is 33.0. The molecule has 2 saturated heterocycles. The van der Waals surface area contributed by atoms with Crippen molar-refractivity contribution >= 4 is 11.9 Å². The molecule has 0 amide bonds. The van der Waals surface area contributed by atoms with E-state index < -0.39 is 11.7 Å². The number of ether oxygens (including phenoxy) is 4. The van der Waals surface area contributed by atoms with Gasteiger partial charge in [0.25, 0.3) is 0 Å². The quantitative estimate of drug-likeness (QED) is 0.233. The largest absolute Gasteiger partial charge is 0.462 e. The van der Waals surface area contributed by atoms with Crippen LogP contribution in [-0.4, -0.2) is 53.9 Å². The van der Waals surface area contributed by atoms with E-state index in [-0.39, 0.29) is 67.1 Å². The normalized spacial score (nSPS) is 40.8. The van der Waals surface area contributed by atoms with Gasteiger partial charge in [-0.25, -0.2) is 0 Å². The minimum absolute atomic E-state index is 0.0155. The highest BCUT2D eigenvalue weighted by molar-refractivity contribution is 5.72. The SMILES string of the molecule is CC[C@@H]1OC(=O)C[C@@](O)(C/C=C/C=C(\C)[C@H]2OC(=O)CC/C=C(\C)[C@@H](C)[C@@H]3OCO[C@@H](/C=C\C=C/[C@@H]2C)[C@H]3C)[C@H]1C. The lowest BCUT2D eigenvalue weighted by atomic mass is 9.77. The van der Waals surface area contributed by atoms with E-state index in [4.69, 9.17) is 18.9 Å². The molecule has 1 N–H and O–H groups in total. The highest BCUT2D eigenvalue weighted by atomic mass is 16.7. The third-order valence-electron chi connectivity index (χ3n) is 9.10. The summed E-state index contributed by atoms with van der Waals surface area (Å²) in [6.07, 6.45) is 17.1. The molecule has 7 heteroatoms. The first-order chi connectivity index (χ1) is 19.5. The Bertz CT molecular complexity index is 1050. The topological polar surface area (TPSA) is 91.3 Å². The number of fused-ring (bicyclic) bond motifs is 2. The van der Waals surface area contributed by atoms with Crippen molar-refractivity contribution in [2.24, 2.45) is 23.7 Å². The van der Waals surface area contributed by atoms with Crippen molar-refractivity contribution in [3.05, 3.63) is 59.8 Å². The van der Waals surface area contributed by atoms with Gasteiger partial charge in [-0.1, -0.05) is 88.8 Å². The number of rotatable bonds is 5. The molecule has 0 spiro atoms. The average Bonchev–Trinajstić information content (AvgIpc) is 2.93. The van der Waals surface area contributed by atoms with Gasteiger partial charge in [0.2, 0.25) is 0 Å². The lowest BCUT2D eigenvalue weighted by Crippen LogP contribution is -2.50. The van der Waals surface area contributed by atoms with E-state index in [0.29, 0.717) is 25.7 Å². The minimum Gasteiger partial charge on any atom is -0.462 e. The van der Waals surface area contributed by atoms with Crippen LogP contribution in [0.2, 0.25) is 0 Å². The highest BCUT2D eigenvalue weighted by Gasteiger charge is 2.45. The minimum atomic E-state index is -1.14. The van der Waals surface area contributed by atoms with Gasteiger partial charge in [-0.2, -0.15) is 0 Å². The third-order valence-corrected chi connectivity index (χ3v) is 9.10. The van der Waals surface area contributed by atoms with Crippen LogP contribution >= 0.6 is 0 Å². The predicted molar refractivity (Wildman–Crippen MR) is 160 cm³/mol. The van der Waals surface area contributed by atoms with Crippen LogP contribution in [0, 0.1) is 23.7 Å². The number of carbonyl (C=O) groups is 2. The van der Waals surface area contributed by atoms with Gasteiger partial charge in [-0.05, 0) is 38.7 Å². The summed E-state index contributed by atoms with van der Waals surface area (Å²) in [7, 11) is 0. The maximum Gasteiger partial charge on any atom is 0.309 e. The summed E-state index contributed by atoms with van der Waals surface area (Å²) >= 11 is 0. The first-order valence-electron chi connectivity index (χ1n) is 15.2. The molecule has 3 aliphatic heterocycles. The molecule has 0 aliphatic carbocycles. The zero-order chi connectivity index (χ0) is 30.2. The maximum absolute atomic E-state index is 12.9. The molecule has 7 nitrogen and oxygen atoms in total. The number of aliphatic hydroxyl groups is 1. The molecule has 3 aliphatic rings. The average molecular weight is 571 g/mol. The molecule has 0 unspecified atom stereocenters. The van der Waals surface area contributed by atoms with Crippen molar-refractivity contribution < 1.29 is 33.6 Å². The Morgan fingerprint density at radius 3 is 2.54 bits per heavy atom. The van der Waals surface area contributed by atoms with Gasteiger partial charge in [0.15, 0.2) is 0 Å². The Morgan fingerprint density at radius 1 is 1.07 bits per heavy atom. The van der Waals surface area contributed by atoms with Gasteiger partial charge >= 0.3 is 11.9 Å². The Kier molecular flexibility index (Phi) is 12.2. The Balaban J connectivity index is 1.77. The fourth-order valence-electron chi connectivity index (χ4n) is 6.06. The van der Waals surface area contributed by atoms with Crippen LogP contribution in [0.5, 0.6) is 0 Å². The molecule has 2 fully saturated rings. The molecule has 0 aromatic heterocycles. The molecular formula is C34H50O7. The molecule has 9 atom stereocenters. The molecule has 3 heterocycles. The van der Waals surface area contributed by atoms with Crippen molar-refractivity contribution in [1.82, 2.24) is 0 Å². The van der Waals surface area contributed by atoms with Crippen molar-refractivity contribution in [1.29, 1.82) is 0 Å². The molecule has 3 rings (SSSR count). The van der Waals surface area contributed by atoms with Crippen molar-refractivity contribution in [2.45, 2.75) is 111 Å². The fourth-order valence-corrected chi connectivity index (χ4v) is 6.06. The number of hydrogen-bond donors (Lipinski definition) is 1. The van der Waals surface area contributed by atoms with Gasteiger partial charge in [-0.15, -0.1) is 0 Å². The van der Waals surface area contributed by atoms with Gasteiger partial charge < -0.3 is 24.1 Å². The zero-order valence-corrected chi connectivity index (χ0v) is 25.9. The molecule has 0 saturated carbocycles. The lowest BCUT2D eigenvalue weighted by molar-refractivity contribution is -0.199. The van der Waals surface area contributed by atoms with Gasteiger partial charge in [0.1, 0.15) is 19.0 Å². The second kappa shape index (κ2) is 15.1. The van der Waals surface area contributed by atoms with Crippen LogP contribution in [-0.2, 0) is 28.5 Å². The first-order valence-corrected chi connectivity index (χ1v) is 15.2. The van der Waals surface area contributed by atoms with Crippen LogP contribution in [0.4, 0.5) is 0 Å². The molecule has 2 bridgehead atoms. The van der Waals surface area contributed by atoms with Crippen LogP contribution in [0.25, 0.3) is 0 Å². The number of carbonyl (C=O) groups excluding carboxylic acids is 2. The second-order valence-electron chi connectivity index (χ2n) is 12.1. The van der Waals surface area contributed by atoms with Gasteiger partial charge in [-0.3, -0.25) is 9.59 Å². The van der Waals surface area contributed by atoms with Crippen LogP contribution in [0.3, 0.4) is 0 Å². The smallest absolute Gasteiger partial charge is 0.309 e. The highest BCUT2D eigenvalue weighted by Crippen LogP contribution is 2.36. The monoisotopic (exact) mass is 570 g/mol. The van der Waals surface area contributed by atoms with Crippen molar-refractivity contribution in [2.75, 3.05) is 6.79 Å². The van der Waals surface area contributed by atoms with E-state index in [1.165, 1.54) is 5.57 Å². The van der Waals surface area contributed by atoms with Crippen molar-refractivity contribution in [3.63, 3.8) is 0 Å². The summed E-state index contributed by atoms with van der Waals surface area (Å²) in [5.74, 6) is -0.420. The van der Waals surface area contributed by atoms with E-state index in [0.717, 1.165) is 5.57 Å². The molecule has 41 heavy (non-hydrogen) atoms. The van der Waals surface area contributed by atoms with Gasteiger partial charge in [0, 0.05) is 30.1 Å². The zero-order valence-electron chi connectivity index (χ0n) is 25.9. The van der Waals surface area contributed by atoms with Crippen molar-refractivity contribution in [3.8, 4) is 0 Å². The molecule has 0 aromatic rings. The molecular weight excluding hydrogens is 520 g/mol. The van der Waals surface area contributed by atoms with E-state index >= 15 is 0 Å². The van der Waals surface area contributed by atoms with Crippen LogP contribution < -0.4 is 0 Å². The second-order valence-corrected chi connectivity index (χ2v) is 12.1. The molecule has 0 aromatic carbocycles. The standard InChI is InChI=1S/C34H50O7/c1-8-28-27(7)34(37,20-31(36)40-28)19-12-11-15-24(4)32-23(3)14-9-10-17-29-26(6)33(39-21-38-29)25(5)22(2)16-13-18-30(35)41-32/h9-12,14-17,23,25-29,32-33,37H,8,13,18-21H2,1-7H3/b12-11+,14-9-,17-10-,22-16+,24-15+/t23-,25+,26+,27-,28-,29-,32-,33-,34-/m0/s1. The Morgan fingerprint density at radius 2 is 1.80 bits per heavy atom. The van der Waals surface area contributed by atoms with Crippen LogP contribution in [0.1, 0.15) is 80.6 Å². The Hall–Kier alpha value is -2.48. The lowest BCUT2D eigenvalue weighted by Gasteiger charge is -2.41. The summed E-state index contributed by atoms with van der Waals surface area (Å²) in [5.41, 5.74) is 0.959. The fraction of sp³-hybridized carbons (Fsp3) is 0.647. The number of hydrogen-bond acceptors (Lipinski definition) is 7. The van der Waals surface area contributed by atoms with E-state index in [2.05, 4.69) is 32.9 Å². The van der Waals surface area contributed by atoms with E-state index in [1.807, 2.05) is 64.2 Å². The number of cyclic esters (lactones) is 2. The van der Waals surface area contributed by atoms with Gasteiger partial charge in [0.05, 0.1) is 24.2 Å². The summed E-state index contributed by atoms with van der Waals surface area (Å²) in [6, 6.07) is 0. The molecule has 0 radical (unpaired) electrons. The summed E-state index contributed by atoms with van der Waals surface area (Å²) < 4.78 is 23.3. The third kappa shape index (κ3) is 8.76. The summed E-state index contributed by atoms with van der Waals surface area (Å²) in [4.78, 5) is 25.0. The van der Waals surface area contributed by atoms with E-state index in [1.54, 1.807) is 0 Å².